The van der Waals surface area contributed by atoms with E-state index < -0.39 is 13.0 Å². The fourth-order valence-electron chi connectivity index (χ4n) is 2.16. The Morgan fingerprint density at radius 3 is 2.48 bits per heavy atom. The number of unbranched alkanes of at least 4 members (excludes halogenated alkanes) is 4. The van der Waals surface area contributed by atoms with Crippen molar-refractivity contribution in [2.24, 2.45) is 0 Å². The smallest absolute Gasteiger partial charge is 0.224 e. The average Bonchev–Trinajstić information content (AvgIpc) is 2.39. The molecule has 1 N–H and O–H groups in total. The van der Waals surface area contributed by atoms with Crippen molar-refractivity contribution >= 4 is 24.0 Å². The molecule has 0 saturated heterocycles. The fourth-order valence-corrected chi connectivity index (χ4v) is 3.30. The van der Waals surface area contributed by atoms with Gasteiger partial charge in [0.1, 0.15) is 13.0 Å². The molecule has 0 aliphatic heterocycles. The second-order valence-corrected chi connectivity index (χ2v) is 8.91. The lowest BCUT2D eigenvalue weighted by Gasteiger charge is -2.14. The van der Waals surface area contributed by atoms with Gasteiger partial charge >= 0.3 is 0 Å². The van der Waals surface area contributed by atoms with Gasteiger partial charge in [0.15, 0.2) is 0 Å². The lowest BCUT2D eigenvalue weighted by atomic mass is 10.1. The van der Waals surface area contributed by atoms with E-state index in [1.54, 1.807) is 13.3 Å². The summed E-state index contributed by atoms with van der Waals surface area (Å²) in [6, 6.07) is 4.01. The van der Waals surface area contributed by atoms with Crippen LogP contribution in [0, 0.1) is 5.82 Å². The molecule has 0 bridgehead atoms. The van der Waals surface area contributed by atoms with Gasteiger partial charge in [0, 0.05) is 11.7 Å². The van der Waals surface area contributed by atoms with E-state index >= 15 is 0 Å². The Hall–Kier alpha value is -1.15. The van der Waals surface area contributed by atoms with E-state index in [9.17, 15) is 13.8 Å². The summed E-state index contributed by atoms with van der Waals surface area (Å²) in [6.07, 6.45) is 5.84. The molecule has 0 unspecified atom stereocenters. The Morgan fingerprint density at radius 1 is 1.19 bits per heavy atom. The average molecular weight is 313 g/mol. The van der Waals surface area contributed by atoms with E-state index in [0.29, 0.717) is 17.4 Å². The number of nitrogens with one attached hydrogen (secondary N) is 1. The summed E-state index contributed by atoms with van der Waals surface area (Å²) in [5.74, 6) is -0.542. The first kappa shape index (κ1) is 17.9. The Morgan fingerprint density at radius 2 is 1.86 bits per heavy atom. The molecule has 1 aromatic rings. The minimum absolute atomic E-state index is 0.104. The maximum absolute atomic E-state index is 13.3. The summed E-state index contributed by atoms with van der Waals surface area (Å²) in [5.41, 5.74) is 0.461. The van der Waals surface area contributed by atoms with Gasteiger partial charge in [-0.25, -0.2) is 4.39 Å². The van der Waals surface area contributed by atoms with Crippen molar-refractivity contribution in [3.8, 4) is 0 Å². The number of rotatable bonds is 8. The highest BCUT2D eigenvalue weighted by Crippen LogP contribution is 2.37. The van der Waals surface area contributed by atoms with Gasteiger partial charge in [-0.3, -0.25) is 4.79 Å². The number of benzene rings is 1. The standard InChI is InChI=1S/C16H25FNO2P/c1-4-5-6-7-8-9-16(19)18-14-11-10-13(17)12-15(14)21(2,3)20/h10-12H,4-9H2,1-3H3,(H,18,19). The molecular weight excluding hydrogens is 288 g/mol. The summed E-state index contributed by atoms with van der Waals surface area (Å²) >= 11 is 0. The Kier molecular flexibility index (Phi) is 7.10. The van der Waals surface area contributed by atoms with E-state index in [1.165, 1.54) is 31.0 Å². The molecule has 0 atom stereocenters. The number of carbonyl (C=O) groups is 1. The van der Waals surface area contributed by atoms with Crippen LogP contribution in [-0.2, 0) is 9.36 Å². The summed E-state index contributed by atoms with van der Waals surface area (Å²) < 4.78 is 25.5. The van der Waals surface area contributed by atoms with Crippen molar-refractivity contribution in [1.29, 1.82) is 0 Å². The van der Waals surface area contributed by atoms with Crippen LogP contribution < -0.4 is 10.6 Å². The van der Waals surface area contributed by atoms with Gasteiger partial charge in [0.25, 0.3) is 0 Å². The Labute approximate surface area is 126 Å². The number of hydrogen-bond donors (Lipinski definition) is 1. The summed E-state index contributed by atoms with van der Waals surface area (Å²) in [5, 5.41) is 3.15. The van der Waals surface area contributed by atoms with Crippen LogP contribution in [0.1, 0.15) is 45.4 Å². The van der Waals surface area contributed by atoms with Crippen LogP contribution in [0.5, 0.6) is 0 Å². The minimum atomic E-state index is -2.63. The summed E-state index contributed by atoms with van der Waals surface area (Å²) in [7, 11) is -2.63. The number of carbonyl (C=O) groups excluding carboxylic acids is 1. The van der Waals surface area contributed by atoms with Crippen molar-refractivity contribution in [3.63, 3.8) is 0 Å². The van der Waals surface area contributed by atoms with Gasteiger partial charge in [-0.15, -0.1) is 0 Å². The van der Waals surface area contributed by atoms with E-state index in [0.717, 1.165) is 19.3 Å². The Bertz CT molecular complexity index is 525. The lowest BCUT2D eigenvalue weighted by Crippen LogP contribution is -2.18. The van der Waals surface area contributed by atoms with Crippen molar-refractivity contribution < 1.29 is 13.8 Å². The van der Waals surface area contributed by atoms with Crippen LogP contribution in [0.2, 0.25) is 0 Å². The first-order valence-corrected chi connectivity index (χ1v) is 10.1. The Balaban J connectivity index is 2.62. The molecule has 0 heterocycles. The van der Waals surface area contributed by atoms with Crippen LogP contribution in [0.4, 0.5) is 10.1 Å². The van der Waals surface area contributed by atoms with Gasteiger partial charge < -0.3 is 9.88 Å². The van der Waals surface area contributed by atoms with Gasteiger partial charge in [0.2, 0.25) is 5.91 Å². The summed E-state index contributed by atoms with van der Waals surface area (Å²) in [6.45, 7) is 5.29. The molecule has 0 spiro atoms. The van der Waals surface area contributed by atoms with Crippen LogP contribution in [-0.4, -0.2) is 19.2 Å². The zero-order valence-electron chi connectivity index (χ0n) is 13.1. The van der Waals surface area contributed by atoms with Gasteiger partial charge in [-0.2, -0.15) is 0 Å². The quantitative estimate of drug-likeness (QED) is 0.572. The van der Waals surface area contributed by atoms with E-state index in [2.05, 4.69) is 12.2 Å². The molecule has 5 heteroatoms. The molecule has 3 nitrogen and oxygen atoms in total. The molecule has 1 amide bonds. The highest BCUT2D eigenvalue weighted by atomic mass is 31.2. The van der Waals surface area contributed by atoms with E-state index in [-0.39, 0.29) is 5.91 Å². The predicted molar refractivity (Wildman–Crippen MR) is 87.5 cm³/mol. The summed E-state index contributed by atoms with van der Waals surface area (Å²) in [4.78, 5) is 11.9. The second kappa shape index (κ2) is 8.33. The molecule has 0 radical (unpaired) electrons. The predicted octanol–water partition coefficient (Wildman–Crippen LogP) is 4.37. The third kappa shape index (κ3) is 6.43. The third-order valence-electron chi connectivity index (χ3n) is 3.32. The number of halogens is 1. The number of anilines is 1. The molecule has 0 fully saturated rings. The molecule has 0 aliphatic rings. The van der Waals surface area contributed by atoms with Gasteiger partial charge in [0.05, 0.1) is 5.69 Å². The van der Waals surface area contributed by atoms with Gasteiger partial charge in [-0.05, 0) is 37.9 Å². The fraction of sp³-hybridized carbons (Fsp3) is 0.562. The first-order chi connectivity index (χ1) is 9.84. The monoisotopic (exact) mass is 313 g/mol. The molecule has 1 aromatic carbocycles. The van der Waals surface area contributed by atoms with E-state index in [4.69, 9.17) is 0 Å². The highest BCUT2D eigenvalue weighted by molar-refractivity contribution is 7.70. The van der Waals surface area contributed by atoms with E-state index in [1.807, 2.05) is 0 Å². The number of hydrogen-bond acceptors (Lipinski definition) is 2. The maximum Gasteiger partial charge on any atom is 0.224 e. The van der Waals surface area contributed by atoms with Crippen molar-refractivity contribution in [3.05, 3.63) is 24.0 Å². The van der Waals surface area contributed by atoms with Crippen molar-refractivity contribution in [2.75, 3.05) is 18.6 Å². The normalized spacial score (nSPS) is 11.4. The second-order valence-electron chi connectivity index (χ2n) is 5.72. The maximum atomic E-state index is 13.3. The number of amides is 1. The molecule has 21 heavy (non-hydrogen) atoms. The topological polar surface area (TPSA) is 46.2 Å². The van der Waals surface area contributed by atoms with Crippen LogP contribution >= 0.6 is 7.14 Å². The zero-order valence-corrected chi connectivity index (χ0v) is 14.0. The molecule has 118 valence electrons. The SMILES string of the molecule is CCCCCCCC(=O)Nc1ccc(F)cc1P(C)(C)=O. The minimum Gasteiger partial charge on any atom is -0.325 e. The molecule has 0 aromatic heterocycles. The van der Waals surface area contributed by atoms with Crippen molar-refractivity contribution in [2.45, 2.75) is 45.4 Å². The zero-order chi connectivity index (χ0) is 15.9. The first-order valence-electron chi connectivity index (χ1n) is 7.49. The molecule has 0 saturated carbocycles. The highest BCUT2D eigenvalue weighted by Gasteiger charge is 2.18. The largest absolute Gasteiger partial charge is 0.325 e. The molecule has 0 aliphatic carbocycles. The molecular formula is C16H25FNO2P. The molecule has 1 rings (SSSR count). The lowest BCUT2D eigenvalue weighted by molar-refractivity contribution is -0.116. The van der Waals surface area contributed by atoms with Crippen LogP contribution in [0.25, 0.3) is 0 Å². The van der Waals surface area contributed by atoms with Gasteiger partial charge in [-0.1, -0.05) is 32.6 Å². The van der Waals surface area contributed by atoms with Crippen molar-refractivity contribution in [1.82, 2.24) is 0 Å². The van der Waals surface area contributed by atoms with Crippen LogP contribution in [0.15, 0.2) is 18.2 Å². The third-order valence-corrected chi connectivity index (χ3v) is 4.85. The van der Waals surface area contributed by atoms with Crippen LogP contribution in [0.3, 0.4) is 0 Å².